The van der Waals surface area contributed by atoms with Gasteiger partial charge in [-0.3, -0.25) is 4.90 Å². The third-order valence-electron chi connectivity index (χ3n) is 6.20. The number of hydrogen-bond acceptors (Lipinski definition) is 4. The number of halogens is 1. The van der Waals surface area contributed by atoms with Gasteiger partial charge in [-0.05, 0) is 76.2 Å². The first kappa shape index (κ1) is 24.7. The fourth-order valence-corrected chi connectivity index (χ4v) is 4.27. The summed E-state index contributed by atoms with van der Waals surface area (Å²) in [4.78, 5) is 2.56. The lowest BCUT2D eigenvalue weighted by Gasteiger charge is -2.40. The smallest absolute Gasteiger partial charge is 0.123 e. The van der Waals surface area contributed by atoms with Gasteiger partial charge >= 0.3 is 0 Å². The minimum absolute atomic E-state index is 0.236. The van der Waals surface area contributed by atoms with Crippen LogP contribution in [0.4, 0.5) is 4.39 Å². The van der Waals surface area contributed by atoms with Gasteiger partial charge in [-0.25, -0.2) is 4.39 Å². The zero-order valence-corrected chi connectivity index (χ0v) is 19.1. The van der Waals surface area contributed by atoms with Gasteiger partial charge in [-0.2, -0.15) is 0 Å². The SMILES string of the molecule is COCCOCCC1CCN(C(C=C(C)C)CC(C)(C=N)c2ccc(F)cc2)CC1. The van der Waals surface area contributed by atoms with Gasteiger partial charge in [0, 0.05) is 31.4 Å². The van der Waals surface area contributed by atoms with Crippen molar-refractivity contribution < 1.29 is 13.9 Å². The Morgan fingerprint density at radius 2 is 1.87 bits per heavy atom. The maximum atomic E-state index is 13.4. The molecule has 5 heteroatoms. The first-order valence-electron chi connectivity index (χ1n) is 11.1. The van der Waals surface area contributed by atoms with Crippen LogP contribution in [0.2, 0.25) is 0 Å². The van der Waals surface area contributed by atoms with E-state index in [2.05, 4.69) is 31.7 Å². The Bertz CT molecular complexity index is 664. The van der Waals surface area contributed by atoms with Crippen molar-refractivity contribution in [1.82, 2.24) is 4.90 Å². The number of methoxy groups -OCH3 is 1. The van der Waals surface area contributed by atoms with Gasteiger partial charge in [0.2, 0.25) is 0 Å². The highest BCUT2D eigenvalue weighted by molar-refractivity contribution is 5.70. The number of allylic oxidation sites excluding steroid dienone is 1. The minimum Gasteiger partial charge on any atom is -0.382 e. The van der Waals surface area contributed by atoms with Crippen LogP contribution in [-0.2, 0) is 14.9 Å². The molecule has 0 aromatic heterocycles. The van der Waals surface area contributed by atoms with Crippen molar-refractivity contribution in [2.45, 2.75) is 57.9 Å². The van der Waals surface area contributed by atoms with Crippen molar-refractivity contribution in [3.63, 3.8) is 0 Å². The van der Waals surface area contributed by atoms with Gasteiger partial charge in [0.1, 0.15) is 5.82 Å². The Morgan fingerprint density at radius 3 is 2.43 bits per heavy atom. The van der Waals surface area contributed by atoms with E-state index in [-0.39, 0.29) is 11.9 Å². The number of hydrogen-bond donors (Lipinski definition) is 1. The molecule has 1 heterocycles. The molecule has 168 valence electrons. The van der Waals surface area contributed by atoms with Gasteiger partial charge in [0.25, 0.3) is 0 Å². The van der Waals surface area contributed by atoms with E-state index in [0.717, 1.165) is 38.1 Å². The first-order chi connectivity index (χ1) is 14.4. The second kappa shape index (κ2) is 12.3. The van der Waals surface area contributed by atoms with Crippen LogP contribution in [0, 0.1) is 17.1 Å². The summed E-state index contributed by atoms with van der Waals surface area (Å²) in [5.41, 5.74) is 1.87. The number of ether oxygens (including phenoxy) is 2. The molecule has 4 nitrogen and oxygen atoms in total. The monoisotopic (exact) mass is 418 g/mol. The van der Waals surface area contributed by atoms with E-state index in [1.165, 1.54) is 36.8 Å². The molecule has 1 saturated heterocycles. The molecular weight excluding hydrogens is 379 g/mol. The molecule has 2 rings (SSSR count). The molecule has 1 aromatic rings. The fraction of sp³-hybridized carbons (Fsp3) is 0.640. The van der Waals surface area contributed by atoms with Gasteiger partial charge in [-0.1, -0.05) is 30.7 Å². The van der Waals surface area contributed by atoms with E-state index in [1.54, 1.807) is 7.11 Å². The summed E-state index contributed by atoms with van der Waals surface area (Å²) in [6, 6.07) is 6.89. The van der Waals surface area contributed by atoms with Crippen LogP contribution in [0.5, 0.6) is 0 Å². The molecule has 2 atom stereocenters. The van der Waals surface area contributed by atoms with E-state index in [1.807, 2.05) is 12.1 Å². The van der Waals surface area contributed by atoms with E-state index >= 15 is 0 Å². The second-order valence-electron chi connectivity index (χ2n) is 8.96. The van der Waals surface area contributed by atoms with Crippen molar-refractivity contribution in [3.8, 4) is 0 Å². The Balaban J connectivity index is 1.98. The van der Waals surface area contributed by atoms with Crippen molar-refractivity contribution in [3.05, 3.63) is 47.3 Å². The van der Waals surface area contributed by atoms with Gasteiger partial charge in [0.05, 0.1) is 13.2 Å². The van der Waals surface area contributed by atoms with Crippen molar-refractivity contribution >= 4 is 6.21 Å². The van der Waals surface area contributed by atoms with Crippen LogP contribution in [0.15, 0.2) is 35.9 Å². The van der Waals surface area contributed by atoms with E-state index in [9.17, 15) is 4.39 Å². The highest BCUT2D eigenvalue weighted by Gasteiger charge is 2.32. The molecule has 0 saturated carbocycles. The van der Waals surface area contributed by atoms with Crippen LogP contribution in [0.1, 0.15) is 52.0 Å². The largest absolute Gasteiger partial charge is 0.382 e. The predicted octanol–water partition coefficient (Wildman–Crippen LogP) is 5.22. The number of piperidine rings is 1. The predicted molar refractivity (Wildman–Crippen MR) is 122 cm³/mol. The number of nitrogens with zero attached hydrogens (tertiary/aromatic N) is 1. The molecule has 1 aromatic carbocycles. The van der Waals surface area contributed by atoms with Crippen molar-refractivity contribution in [2.75, 3.05) is 40.0 Å². The Hall–Kier alpha value is -1.56. The average molecular weight is 419 g/mol. The summed E-state index contributed by atoms with van der Waals surface area (Å²) >= 11 is 0. The zero-order valence-electron chi connectivity index (χ0n) is 19.1. The maximum absolute atomic E-state index is 13.4. The van der Waals surface area contributed by atoms with Crippen molar-refractivity contribution in [2.24, 2.45) is 5.92 Å². The van der Waals surface area contributed by atoms with Crippen LogP contribution < -0.4 is 0 Å². The number of rotatable bonds is 12. The quantitative estimate of drug-likeness (QED) is 0.287. The number of benzene rings is 1. The van der Waals surface area contributed by atoms with Crippen molar-refractivity contribution in [1.29, 1.82) is 5.41 Å². The summed E-state index contributed by atoms with van der Waals surface area (Å²) < 4.78 is 24.1. The van der Waals surface area contributed by atoms with Crippen LogP contribution in [0.3, 0.4) is 0 Å². The van der Waals surface area contributed by atoms with E-state index in [4.69, 9.17) is 14.9 Å². The normalized spacial score (nSPS) is 18.6. The lowest BCUT2D eigenvalue weighted by Crippen LogP contribution is -2.44. The van der Waals surface area contributed by atoms with Gasteiger partial charge in [0.15, 0.2) is 0 Å². The summed E-state index contributed by atoms with van der Waals surface area (Å²) in [6.07, 6.45) is 8.14. The fourth-order valence-electron chi connectivity index (χ4n) is 4.27. The summed E-state index contributed by atoms with van der Waals surface area (Å²) in [6.45, 7) is 10.6. The van der Waals surface area contributed by atoms with Crippen LogP contribution in [-0.4, -0.2) is 57.2 Å². The molecule has 1 fully saturated rings. The lowest BCUT2D eigenvalue weighted by molar-refractivity contribution is 0.0552. The number of nitrogens with one attached hydrogen (secondary N) is 1. The minimum atomic E-state index is -0.420. The standard InChI is InChI=1S/C25H39FN2O2/c1-20(2)17-24(18-25(3,19-27)22-5-7-23(26)8-6-22)28-12-9-21(10-13-28)11-14-30-16-15-29-4/h5-8,17,19,21,24,27H,9-16,18H2,1-4H3. The summed E-state index contributed by atoms with van der Waals surface area (Å²) in [5.74, 6) is 0.475. The molecule has 1 aliphatic rings. The van der Waals surface area contributed by atoms with Crippen LogP contribution >= 0.6 is 0 Å². The third kappa shape index (κ3) is 7.60. The lowest BCUT2D eigenvalue weighted by atomic mass is 9.77. The topological polar surface area (TPSA) is 45.6 Å². The Labute approximate surface area is 182 Å². The molecule has 0 spiro atoms. The Kier molecular flexibility index (Phi) is 10.2. The molecule has 30 heavy (non-hydrogen) atoms. The molecule has 0 radical (unpaired) electrons. The molecule has 2 unspecified atom stereocenters. The van der Waals surface area contributed by atoms with Gasteiger partial charge < -0.3 is 14.9 Å². The highest BCUT2D eigenvalue weighted by Crippen LogP contribution is 2.32. The zero-order chi connectivity index (χ0) is 22.0. The number of likely N-dealkylation sites (tertiary alicyclic amines) is 1. The Morgan fingerprint density at radius 1 is 1.20 bits per heavy atom. The van der Waals surface area contributed by atoms with Gasteiger partial charge in [-0.15, -0.1) is 0 Å². The van der Waals surface area contributed by atoms with E-state index in [0.29, 0.717) is 19.1 Å². The molecular formula is C25H39FN2O2. The first-order valence-corrected chi connectivity index (χ1v) is 11.1. The summed E-state index contributed by atoms with van der Waals surface area (Å²) in [5, 5.41) is 8.11. The molecule has 0 amide bonds. The molecule has 0 aliphatic carbocycles. The third-order valence-corrected chi connectivity index (χ3v) is 6.20. The molecule has 1 aliphatic heterocycles. The second-order valence-corrected chi connectivity index (χ2v) is 8.96. The highest BCUT2D eigenvalue weighted by atomic mass is 19.1. The van der Waals surface area contributed by atoms with Crippen LogP contribution in [0.25, 0.3) is 0 Å². The maximum Gasteiger partial charge on any atom is 0.123 e. The van der Waals surface area contributed by atoms with E-state index < -0.39 is 5.41 Å². The average Bonchev–Trinajstić information content (AvgIpc) is 2.73. The molecule has 1 N–H and O–H groups in total. The summed E-state index contributed by atoms with van der Waals surface area (Å²) in [7, 11) is 1.70. The molecule has 0 bridgehead atoms.